The van der Waals surface area contributed by atoms with Gasteiger partial charge in [0.15, 0.2) is 0 Å². The minimum atomic E-state index is -0.150. The summed E-state index contributed by atoms with van der Waals surface area (Å²) in [6.07, 6.45) is 5.28. The molecule has 132 valence electrons. The van der Waals surface area contributed by atoms with E-state index in [9.17, 15) is 9.59 Å². The predicted octanol–water partition coefficient (Wildman–Crippen LogP) is 3.83. The van der Waals surface area contributed by atoms with Gasteiger partial charge in [-0.2, -0.15) is 11.3 Å². The molecule has 0 spiro atoms. The summed E-state index contributed by atoms with van der Waals surface area (Å²) in [5.41, 5.74) is 1.36. The van der Waals surface area contributed by atoms with Crippen LogP contribution in [0.4, 0.5) is 5.69 Å². The third-order valence-corrected chi connectivity index (χ3v) is 4.85. The molecule has 2 aromatic rings. The summed E-state index contributed by atoms with van der Waals surface area (Å²) in [4.78, 5) is 23.7. The molecule has 1 aliphatic carbocycles. The van der Waals surface area contributed by atoms with Crippen molar-refractivity contribution in [2.75, 3.05) is 11.9 Å². The summed E-state index contributed by atoms with van der Waals surface area (Å²) >= 11 is 1.47. The number of benzene rings is 1. The number of carbonyl (C=O) groups excluding carboxylic acids is 2. The van der Waals surface area contributed by atoms with Crippen LogP contribution in [-0.4, -0.2) is 24.5 Å². The van der Waals surface area contributed by atoms with Crippen LogP contribution in [0.2, 0.25) is 0 Å². The molecule has 3 rings (SSSR count). The highest BCUT2D eigenvalue weighted by Gasteiger charge is 2.16. The average molecular weight is 358 g/mol. The van der Waals surface area contributed by atoms with Gasteiger partial charge in [-0.05, 0) is 61.4 Å². The van der Waals surface area contributed by atoms with Crippen molar-refractivity contribution in [3.8, 4) is 5.75 Å². The lowest BCUT2D eigenvalue weighted by atomic mass is 10.2. The molecule has 2 N–H and O–H groups in total. The molecule has 1 aliphatic rings. The molecular weight excluding hydrogens is 336 g/mol. The van der Waals surface area contributed by atoms with Crippen LogP contribution in [0, 0.1) is 0 Å². The fourth-order valence-electron chi connectivity index (χ4n) is 2.82. The maximum atomic E-state index is 12.0. The Labute approximate surface area is 151 Å². The summed E-state index contributed by atoms with van der Waals surface area (Å²) in [7, 11) is 0. The van der Waals surface area contributed by atoms with E-state index >= 15 is 0 Å². The lowest BCUT2D eigenvalue weighted by Gasteiger charge is -2.13. The third-order valence-electron chi connectivity index (χ3n) is 4.16. The molecule has 1 saturated carbocycles. The van der Waals surface area contributed by atoms with E-state index in [0.717, 1.165) is 24.3 Å². The van der Waals surface area contributed by atoms with Gasteiger partial charge in [-0.1, -0.05) is 0 Å². The normalized spacial score (nSPS) is 14.2. The van der Waals surface area contributed by atoms with Crippen LogP contribution in [-0.2, 0) is 4.79 Å². The molecule has 1 fully saturated rings. The minimum absolute atomic E-state index is 0.130. The summed E-state index contributed by atoms with van der Waals surface area (Å²) < 4.78 is 5.90. The van der Waals surface area contributed by atoms with Crippen molar-refractivity contribution in [2.24, 2.45) is 0 Å². The monoisotopic (exact) mass is 358 g/mol. The molecule has 1 aromatic heterocycles. The van der Waals surface area contributed by atoms with Crippen molar-refractivity contribution < 1.29 is 14.3 Å². The molecule has 6 heteroatoms. The van der Waals surface area contributed by atoms with Crippen LogP contribution in [0.3, 0.4) is 0 Å². The summed E-state index contributed by atoms with van der Waals surface area (Å²) in [6.45, 7) is 0.309. The van der Waals surface area contributed by atoms with E-state index in [1.165, 1.54) is 24.2 Å². The number of ether oxygens (including phenoxy) is 1. The molecule has 0 radical (unpaired) electrons. The first-order valence-electron chi connectivity index (χ1n) is 8.58. The van der Waals surface area contributed by atoms with Gasteiger partial charge < -0.3 is 15.4 Å². The molecule has 2 amide bonds. The molecular formula is C19H22N2O3S. The number of anilines is 1. The summed E-state index contributed by atoms with van der Waals surface area (Å²) in [6, 6.07) is 9.20. The Morgan fingerprint density at radius 3 is 2.56 bits per heavy atom. The van der Waals surface area contributed by atoms with Gasteiger partial charge in [-0.25, -0.2) is 0 Å². The van der Waals surface area contributed by atoms with Crippen LogP contribution in [0.15, 0.2) is 41.1 Å². The minimum Gasteiger partial charge on any atom is -0.490 e. The quantitative estimate of drug-likeness (QED) is 0.790. The molecule has 0 bridgehead atoms. The van der Waals surface area contributed by atoms with Gasteiger partial charge >= 0.3 is 0 Å². The Balaban J connectivity index is 1.39. The van der Waals surface area contributed by atoms with Gasteiger partial charge in [0.2, 0.25) is 5.91 Å². The highest BCUT2D eigenvalue weighted by Crippen LogP contribution is 2.25. The SMILES string of the molecule is O=C(CCNC(=O)c1ccsc1)Nc1ccc(OC2CCCC2)cc1. The Hall–Kier alpha value is -2.34. The van der Waals surface area contributed by atoms with Crippen molar-refractivity contribution in [3.63, 3.8) is 0 Å². The van der Waals surface area contributed by atoms with Crippen LogP contribution in [0.5, 0.6) is 5.75 Å². The number of carbonyl (C=O) groups is 2. The number of hydrogen-bond acceptors (Lipinski definition) is 4. The van der Waals surface area contributed by atoms with Crippen LogP contribution in [0.25, 0.3) is 0 Å². The molecule has 0 saturated heterocycles. The maximum absolute atomic E-state index is 12.0. The van der Waals surface area contributed by atoms with Crippen molar-refractivity contribution in [1.82, 2.24) is 5.32 Å². The second-order valence-corrected chi connectivity index (χ2v) is 6.89. The van der Waals surface area contributed by atoms with E-state index in [4.69, 9.17) is 4.74 Å². The van der Waals surface area contributed by atoms with Crippen molar-refractivity contribution in [1.29, 1.82) is 0 Å². The molecule has 25 heavy (non-hydrogen) atoms. The summed E-state index contributed by atoms with van der Waals surface area (Å²) in [5, 5.41) is 9.20. The lowest BCUT2D eigenvalue weighted by Crippen LogP contribution is -2.27. The average Bonchev–Trinajstić information content (AvgIpc) is 3.30. The van der Waals surface area contributed by atoms with Crippen molar-refractivity contribution in [3.05, 3.63) is 46.7 Å². The smallest absolute Gasteiger partial charge is 0.252 e. The first-order valence-corrected chi connectivity index (χ1v) is 9.52. The van der Waals surface area contributed by atoms with E-state index in [1.54, 1.807) is 11.4 Å². The van der Waals surface area contributed by atoms with Gasteiger partial charge in [0.1, 0.15) is 5.75 Å². The van der Waals surface area contributed by atoms with E-state index in [2.05, 4.69) is 10.6 Å². The van der Waals surface area contributed by atoms with Crippen LogP contribution in [0.1, 0.15) is 42.5 Å². The molecule has 0 unspecified atom stereocenters. The van der Waals surface area contributed by atoms with E-state index in [1.807, 2.05) is 29.6 Å². The number of rotatable bonds is 7. The Bertz CT molecular complexity index is 692. The molecule has 1 aromatic carbocycles. The lowest BCUT2D eigenvalue weighted by molar-refractivity contribution is -0.116. The topological polar surface area (TPSA) is 67.4 Å². The first kappa shape index (κ1) is 17.5. The van der Waals surface area contributed by atoms with E-state index in [0.29, 0.717) is 18.2 Å². The first-order chi connectivity index (χ1) is 12.2. The Kier molecular flexibility index (Phi) is 6.06. The Morgan fingerprint density at radius 1 is 1.12 bits per heavy atom. The van der Waals surface area contributed by atoms with Crippen molar-refractivity contribution >= 4 is 28.8 Å². The molecule has 0 aliphatic heterocycles. The highest BCUT2D eigenvalue weighted by molar-refractivity contribution is 7.08. The number of thiophene rings is 1. The fourth-order valence-corrected chi connectivity index (χ4v) is 3.46. The molecule has 5 nitrogen and oxygen atoms in total. The van der Waals surface area contributed by atoms with E-state index < -0.39 is 0 Å². The second-order valence-electron chi connectivity index (χ2n) is 6.11. The van der Waals surface area contributed by atoms with Crippen LogP contribution >= 0.6 is 11.3 Å². The van der Waals surface area contributed by atoms with Gasteiger partial charge in [0, 0.05) is 29.6 Å². The number of hydrogen-bond donors (Lipinski definition) is 2. The van der Waals surface area contributed by atoms with Crippen molar-refractivity contribution in [2.45, 2.75) is 38.2 Å². The van der Waals surface area contributed by atoms with Gasteiger partial charge in [0.25, 0.3) is 5.91 Å². The zero-order chi connectivity index (χ0) is 17.5. The van der Waals surface area contributed by atoms with E-state index in [-0.39, 0.29) is 18.2 Å². The summed E-state index contributed by atoms with van der Waals surface area (Å²) in [5.74, 6) is 0.561. The van der Waals surface area contributed by atoms with Gasteiger partial charge in [0.05, 0.1) is 6.10 Å². The standard InChI is InChI=1S/C19H22N2O3S/c22-18(9-11-20-19(23)14-10-12-25-13-14)21-15-5-7-17(8-6-15)24-16-3-1-2-4-16/h5-8,10,12-13,16H,1-4,9,11H2,(H,20,23)(H,21,22). The van der Waals surface area contributed by atoms with Gasteiger partial charge in [-0.3, -0.25) is 9.59 Å². The highest BCUT2D eigenvalue weighted by atomic mass is 32.1. The Morgan fingerprint density at radius 2 is 1.88 bits per heavy atom. The number of nitrogens with one attached hydrogen (secondary N) is 2. The maximum Gasteiger partial charge on any atom is 0.252 e. The second kappa shape index (κ2) is 8.67. The van der Waals surface area contributed by atoms with Gasteiger partial charge in [-0.15, -0.1) is 0 Å². The fraction of sp³-hybridized carbons (Fsp3) is 0.368. The molecule has 0 atom stereocenters. The number of amides is 2. The zero-order valence-corrected chi connectivity index (χ0v) is 14.8. The predicted molar refractivity (Wildman–Crippen MR) is 99.2 cm³/mol. The third kappa shape index (κ3) is 5.32. The van der Waals surface area contributed by atoms with Crippen LogP contribution < -0.4 is 15.4 Å². The zero-order valence-electron chi connectivity index (χ0n) is 14.0. The molecule has 1 heterocycles. The largest absolute Gasteiger partial charge is 0.490 e.